The third-order valence-corrected chi connectivity index (χ3v) is 2.87. The molecule has 0 aromatic carbocycles. The molecule has 0 fully saturated rings. The van der Waals surface area contributed by atoms with E-state index in [1.165, 1.54) is 0 Å². The smallest absolute Gasteiger partial charge is 0.165 e. The Bertz CT molecular complexity index is 211. The van der Waals surface area contributed by atoms with Gasteiger partial charge in [-0.2, -0.15) is 8.75 Å². The molecule has 2 nitrogen and oxygen atoms in total. The molecular weight excluding hydrogens is 188 g/mol. The highest BCUT2D eigenvalue weighted by Gasteiger charge is 2.06. The third-order valence-electron chi connectivity index (χ3n) is 0.769. The minimum atomic E-state index is 0.515. The number of aromatic nitrogens is 2. The zero-order valence-electron chi connectivity index (χ0n) is 5.67. The molecule has 10 heavy (non-hydrogen) atoms. The van der Waals surface area contributed by atoms with E-state index in [1.54, 1.807) is 11.8 Å². The van der Waals surface area contributed by atoms with Gasteiger partial charge < -0.3 is 0 Å². The number of nitrogens with zero attached hydrogens (tertiary/aromatic N) is 2. The van der Waals surface area contributed by atoms with Gasteiger partial charge in [-0.05, 0) is 0 Å². The van der Waals surface area contributed by atoms with E-state index in [0.29, 0.717) is 10.4 Å². The molecule has 0 atom stereocenters. The van der Waals surface area contributed by atoms with Crippen molar-refractivity contribution in [3.05, 3.63) is 5.15 Å². The van der Waals surface area contributed by atoms with Crippen molar-refractivity contribution >= 4 is 35.1 Å². The van der Waals surface area contributed by atoms with Crippen molar-refractivity contribution in [1.29, 1.82) is 0 Å². The molecule has 0 aliphatic carbocycles. The van der Waals surface area contributed by atoms with Gasteiger partial charge in [0.05, 0.1) is 11.7 Å². The van der Waals surface area contributed by atoms with Gasteiger partial charge in [0.2, 0.25) is 0 Å². The SMILES string of the molecule is CC(C)Sc1nsnc1Cl. The molecule has 0 amide bonds. The molecule has 0 saturated carbocycles. The van der Waals surface area contributed by atoms with E-state index in [9.17, 15) is 0 Å². The molecule has 0 saturated heterocycles. The van der Waals surface area contributed by atoms with Gasteiger partial charge >= 0.3 is 0 Å². The van der Waals surface area contributed by atoms with Crippen LogP contribution < -0.4 is 0 Å². The predicted molar refractivity (Wildman–Crippen MR) is 45.9 cm³/mol. The molecule has 0 unspecified atom stereocenters. The highest BCUT2D eigenvalue weighted by atomic mass is 35.5. The maximum atomic E-state index is 5.70. The Balaban J connectivity index is 2.65. The number of thioether (sulfide) groups is 1. The molecule has 1 heterocycles. The van der Waals surface area contributed by atoms with Crippen molar-refractivity contribution in [1.82, 2.24) is 8.75 Å². The lowest BCUT2D eigenvalue weighted by Gasteiger charge is -1.98. The summed E-state index contributed by atoms with van der Waals surface area (Å²) < 4.78 is 7.86. The van der Waals surface area contributed by atoms with Crippen molar-refractivity contribution in [2.24, 2.45) is 0 Å². The lowest BCUT2D eigenvalue weighted by molar-refractivity contribution is 1.10. The first kappa shape index (κ1) is 8.30. The first-order chi connectivity index (χ1) is 4.70. The highest BCUT2D eigenvalue weighted by molar-refractivity contribution is 8.00. The summed E-state index contributed by atoms with van der Waals surface area (Å²) in [7, 11) is 0. The van der Waals surface area contributed by atoms with Crippen molar-refractivity contribution in [2.75, 3.05) is 0 Å². The molecule has 0 bridgehead atoms. The van der Waals surface area contributed by atoms with Gasteiger partial charge in [-0.15, -0.1) is 0 Å². The summed E-state index contributed by atoms with van der Waals surface area (Å²) in [5, 5.41) is 1.90. The zero-order chi connectivity index (χ0) is 7.56. The Morgan fingerprint density at radius 2 is 2.20 bits per heavy atom. The fourth-order valence-corrected chi connectivity index (χ4v) is 2.06. The summed E-state index contributed by atoms with van der Waals surface area (Å²) in [6.45, 7) is 4.20. The summed E-state index contributed by atoms with van der Waals surface area (Å²) in [6, 6.07) is 0. The van der Waals surface area contributed by atoms with Crippen LogP contribution in [0.25, 0.3) is 0 Å². The third kappa shape index (κ3) is 2.11. The van der Waals surface area contributed by atoms with Crippen LogP contribution in [0.2, 0.25) is 5.15 Å². The minimum absolute atomic E-state index is 0.515. The van der Waals surface area contributed by atoms with E-state index < -0.39 is 0 Å². The second-order valence-corrected chi connectivity index (χ2v) is 4.48. The van der Waals surface area contributed by atoms with Crippen molar-refractivity contribution in [3.8, 4) is 0 Å². The highest BCUT2D eigenvalue weighted by Crippen LogP contribution is 2.27. The lowest BCUT2D eigenvalue weighted by atomic mass is 10.6. The van der Waals surface area contributed by atoms with Crippen LogP contribution in [0.1, 0.15) is 13.8 Å². The Hall–Kier alpha value is 0.200. The van der Waals surface area contributed by atoms with E-state index in [0.717, 1.165) is 16.8 Å². The van der Waals surface area contributed by atoms with Gasteiger partial charge in [-0.25, -0.2) is 0 Å². The molecule has 56 valence electrons. The number of halogens is 1. The van der Waals surface area contributed by atoms with Gasteiger partial charge in [0, 0.05) is 5.25 Å². The Morgan fingerprint density at radius 3 is 2.60 bits per heavy atom. The first-order valence-corrected chi connectivity index (χ1v) is 4.83. The van der Waals surface area contributed by atoms with Crippen LogP contribution in [0, 0.1) is 0 Å². The molecule has 0 aliphatic heterocycles. The predicted octanol–water partition coefficient (Wildman–Crippen LogP) is 2.69. The maximum Gasteiger partial charge on any atom is 0.176 e. The average Bonchev–Trinajstić information content (AvgIpc) is 2.15. The second kappa shape index (κ2) is 3.55. The van der Waals surface area contributed by atoms with Gasteiger partial charge in [0.15, 0.2) is 5.15 Å². The molecule has 1 rings (SSSR count). The van der Waals surface area contributed by atoms with Crippen LogP contribution in [-0.4, -0.2) is 14.0 Å². The topological polar surface area (TPSA) is 25.8 Å². The molecule has 0 radical (unpaired) electrons. The van der Waals surface area contributed by atoms with Crippen molar-refractivity contribution in [2.45, 2.75) is 24.1 Å². The van der Waals surface area contributed by atoms with Gasteiger partial charge in [0.1, 0.15) is 5.03 Å². The van der Waals surface area contributed by atoms with E-state index in [4.69, 9.17) is 11.6 Å². The monoisotopic (exact) mass is 194 g/mol. The molecule has 0 spiro atoms. The second-order valence-electron chi connectivity index (χ2n) is 2.03. The normalized spacial score (nSPS) is 10.8. The van der Waals surface area contributed by atoms with E-state index in [2.05, 4.69) is 22.6 Å². The summed E-state index contributed by atoms with van der Waals surface area (Å²) in [5.41, 5.74) is 0. The van der Waals surface area contributed by atoms with Gasteiger partial charge in [0.25, 0.3) is 0 Å². The molecule has 0 N–H and O–H groups in total. The molecular formula is C5H7ClN2S2. The Morgan fingerprint density at radius 1 is 1.50 bits per heavy atom. The summed E-state index contributed by atoms with van der Waals surface area (Å²) in [6.07, 6.45) is 0. The quantitative estimate of drug-likeness (QED) is 0.678. The van der Waals surface area contributed by atoms with E-state index in [-0.39, 0.29) is 0 Å². The van der Waals surface area contributed by atoms with E-state index >= 15 is 0 Å². The molecule has 0 aliphatic rings. The summed E-state index contributed by atoms with van der Waals surface area (Å²) >= 11 is 8.49. The minimum Gasteiger partial charge on any atom is -0.165 e. The van der Waals surface area contributed by atoms with Crippen LogP contribution in [0.3, 0.4) is 0 Å². The molecule has 1 aromatic rings. The van der Waals surface area contributed by atoms with E-state index in [1.807, 2.05) is 0 Å². The zero-order valence-corrected chi connectivity index (χ0v) is 8.06. The Labute approximate surface area is 73.3 Å². The van der Waals surface area contributed by atoms with Crippen LogP contribution in [0.5, 0.6) is 0 Å². The molecule has 5 heteroatoms. The largest absolute Gasteiger partial charge is 0.176 e. The Kier molecular flexibility index (Phi) is 2.95. The summed E-state index contributed by atoms with van der Waals surface area (Å²) in [4.78, 5) is 0. The van der Waals surface area contributed by atoms with Crippen LogP contribution in [0.15, 0.2) is 5.03 Å². The van der Waals surface area contributed by atoms with Gasteiger partial charge in [-0.1, -0.05) is 37.2 Å². The van der Waals surface area contributed by atoms with Crippen LogP contribution in [0.4, 0.5) is 0 Å². The fraction of sp³-hybridized carbons (Fsp3) is 0.600. The van der Waals surface area contributed by atoms with Gasteiger partial charge in [-0.3, -0.25) is 0 Å². The average molecular weight is 195 g/mol. The van der Waals surface area contributed by atoms with Crippen molar-refractivity contribution in [3.63, 3.8) is 0 Å². The molecule has 1 aromatic heterocycles. The number of hydrogen-bond acceptors (Lipinski definition) is 4. The fourth-order valence-electron chi connectivity index (χ4n) is 0.463. The number of rotatable bonds is 2. The maximum absolute atomic E-state index is 5.70. The standard InChI is InChI=1S/C5H7ClN2S2/c1-3(2)9-5-4(6)7-10-8-5/h3H,1-2H3. The van der Waals surface area contributed by atoms with Crippen molar-refractivity contribution < 1.29 is 0 Å². The van der Waals surface area contributed by atoms with Crippen LogP contribution >= 0.6 is 35.1 Å². The first-order valence-electron chi connectivity index (χ1n) is 2.85. The number of hydrogen-bond donors (Lipinski definition) is 0. The summed E-state index contributed by atoms with van der Waals surface area (Å²) in [5.74, 6) is 0. The van der Waals surface area contributed by atoms with Crippen LogP contribution in [-0.2, 0) is 0 Å². The lowest BCUT2D eigenvalue weighted by Crippen LogP contribution is -1.85.